The van der Waals surface area contributed by atoms with Crippen molar-refractivity contribution in [3.8, 4) is 0 Å². The Kier molecular flexibility index (Phi) is 7.50. The molecular weight excluding hydrogens is 474 g/mol. The van der Waals surface area contributed by atoms with E-state index >= 15 is 0 Å². The van der Waals surface area contributed by atoms with Gasteiger partial charge in [0.25, 0.3) is 0 Å². The van der Waals surface area contributed by atoms with Crippen LogP contribution in [0.1, 0.15) is 73.4 Å². The molecule has 37 heavy (non-hydrogen) atoms. The zero-order chi connectivity index (χ0) is 27.1. The SMILES string of the molecule is CC(C)(C)[C@]1(O)CCN2C[C@H]3c4ccccc4CCc4cccc(c43)[C@@H]2C1.O=C(O)[C@H](O)[C@@H](O)C(=O)O. The Morgan fingerprint density at radius 1 is 0.919 bits per heavy atom. The Balaban J connectivity index is 0.000000275. The van der Waals surface area contributed by atoms with Crippen molar-refractivity contribution in [2.45, 2.75) is 76.2 Å². The van der Waals surface area contributed by atoms with Gasteiger partial charge in [0.1, 0.15) is 0 Å². The summed E-state index contributed by atoms with van der Waals surface area (Å²) in [7, 11) is 0. The van der Waals surface area contributed by atoms with Crippen LogP contribution in [0.25, 0.3) is 0 Å². The predicted octanol–water partition coefficient (Wildman–Crippen LogP) is 2.72. The molecule has 2 aromatic rings. The van der Waals surface area contributed by atoms with E-state index in [2.05, 4.69) is 68.1 Å². The summed E-state index contributed by atoms with van der Waals surface area (Å²) in [4.78, 5) is 22.2. The van der Waals surface area contributed by atoms with Crippen molar-refractivity contribution in [2.24, 2.45) is 5.41 Å². The van der Waals surface area contributed by atoms with E-state index in [1.54, 1.807) is 5.56 Å². The van der Waals surface area contributed by atoms with Gasteiger partial charge in [-0.15, -0.1) is 0 Å². The highest BCUT2D eigenvalue weighted by molar-refractivity contribution is 5.83. The largest absolute Gasteiger partial charge is 0.479 e. The molecule has 8 nitrogen and oxygen atoms in total. The average molecular weight is 512 g/mol. The first kappa shape index (κ1) is 27.3. The summed E-state index contributed by atoms with van der Waals surface area (Å²) in [5.74, 6) is -3.06. The van der Waals surface area contributed by atoms with Crippen LogP contribution in [0.15, 0.2) is 42.5 Å². The van der Waals surface area contributed by atoms with Crippen LogP contribution in [0.2, 0.25) is 0 Å². The third-order valence-electron chi connectivity index (χ3n) is 8.43. The molecule has 1 aliphatic carbocycles. The van der Waals surface area contributed by atoms with Crippen LogP contribution in [-0.4, -0.2) is 73.3 Å². The van der Waals surface area contributed by atoms with Gasteiger partial charge < -0.3 is 25.5 Å². The zero-order valence-corrected chi connectivity index (χ0v) is 21.6. The molecule has 5 N–H and O–H groups in total. The van der Waals surface area contributed by atoms with Gasteiger partial charge in [0.15, 0.2) is 12.2 Å². The van der Waals surface area contributed by atoms with Crippen LogP contribution in [0.3, 0.4) is 0 Å². The normalized spacial score (nSPS) is 26.2. The maximum Gasteiger partial charge on any atom is 0.335 e. The van der Waals surface area contributed by atoms with Gasteiger partial charge in [-0.25, -0.2) is 9.59 Å². The number of aryl methyl sites for hydroxylation is 2. The van der Waals surface area contributed by atoms with Gasteiger partial charge >= 0.3 is 11.9 Å². The van der Waals surface area contributed by atoms with Crippen LogP contribution in [0.5, 0.6) is 0 Å². The third kappa shape index (κ3) is 5.16. The molecule has 0 bridgehead atoms. The Morgan fingerprint density at radius 3 is 2.11 bits per heavy atom. The number of nitrogens with zero attached hydrogens (tertiary/aromatic N) is 1. The number of carboxylic acid groups (broad SMARTS) is 2. The Bertz CT molecular complexity index is 1160. The smallest absolute Gasteiger partial charge is 0.335 e. The van der Waals surface area contributed by atoms with Crippen molar-refractivity contribution in [1.82, 2.24) is 4.90 Å². The average Bonchev–Trinajstić information content (AvgIpc) is 3.01. The number of fused-ring (bicyclic) bond motifs is 4. The molecule has 5 atom stereocenters. The first-order chi connectivity index (χ1) is 17.3. The molecular formula is C29H37NO7. The van der Waals surface area contributed by atoms with E-state index in [4.69, 9.17) is 20.4 Å². The first-order valence-electron chi connectivity index (χ1n) is 12.8. The van der Waals surface area contributed by atoms with Crippen LogP contribution < -0.4 is 0 Å². The summed E-state index contributed by atoms with van der Waals surface area (Å²) in [6.07, 6.45) is -0.542. The van der Waals surface area contributed by atoms with Gasteiger partial charge in [0.05, 0.1) is 5.60 Å². The van der Waals surface area contributed by atoms with Crippen molar-refractivity contribution < 1.29 is 35.1 Å². The van der Waals surface area contributed by atoms with Crippen molar-refractivity contribution in [1.29, 1.82) is 0 Å². The molecule has 0 spiro atoms. The molecule has 0 amide bonds. The summed E-state index contributed by atoms with van der Waals surface area (Å²) >= 11 is 0. The molecule has 0 radical (unpaired) electrons. The van der Waals surface area contributed by atoms with Crippen molar-refractivity contribution >= 4 is 11.9 Å². The van der Waals surface area contributed by atoms with E-state index in [0.717, 1.165) is 38.8 Å². The van der Waals surface area contributed by atoms with E-state index < -0.39 is 29.7 Å². The van der Waals surface area contributed by atoms with Crippen LogP contribution in [0, 0.1) is 5.41 Å². The number of aliphatic hydroxyl groups is 3. The summed E-state index contributed by atoms with van der Waals surface area (Å²) in [6.45, 7) is 8.65. The zero-order valence-electron chi connectivity index (χ0n) is 21.6. The fraction of sp³-hybridized carbons (Fsp3) is 0.517. The number of hydrogen-bond donors (Lipinski definition) is 5. The number of benzene rings is 2. The minimum Gasteiger partial charge on any atom is -0.479 e. The van der Waals surface area contributed by atoms with E-state index in [1.807, 2.05) is 0 Å². The molecule has 0 saturated carbocycles. The Morgan fingerprint density at radius 2 is 1.49 bits per heavy atom. The Hall–Kier alpha value is -2.78. The van der Waals surface area contributed by atoms with Gasteiger partial charge in [0, 0.05) is 25.0 Å². The standard InChI is InChI=1S/C25H31NO.C4H6O6/c1-24(2,3)25(27)13-14-26-16-21-19-9-5-4-7-17(19)11-12-18-8-6-10-20(23(18)21)22(26)15-25;5-1(3(7)8)2(6)4(9)10/h4-10,21-22,27H,11-16H2,1-3H3;1-2,5-6H,(H,7,8)(H,9,10)/t21-,22-,25-;1-,2-/m01/s1. The van der Waals surface area contributed by atoms with Crippen LogP contribution in [-0.2, 0) is 22.4 Å². The quantitative estimate of drug-likeness (QED) is 0.424. The predicted molar refractivity (Wildman–Crippen MR) is 137 cm³/mol. The second-order valence-corrected chi connectivity index (χ2v) is 11.5. The van der Waals surface area contributed by atoms with Crippen molar-refractivity contribution in [3.63, 3.8) is 0 Å². The van der Waals surface area contributed by atoms with Gasteiger partial charge in [-0.3, -0.25) is 4.90 Å². The summed E-state index contributed by atoms with van der Waals surface area (Å²) < 4.78 is 0. The summed E-state index contributed by atoms with van der Waals surface area (Å²) in [5.41, 5.74) is 6.94. The van der Waals surface area contributed by atoms with E-state index in [1.165, 1.54) is 22.3 Å². The topological polar surface area (TPSA) is 139 Å². The second kappa shape index (κ2) is 10.2. The number of hydrogen-bond acceptors (Lipinski definition) is 6. The maximum absolute atomic E-state index is 11.5. The number of carboxylic acids is 2. The highest BCUT2D eigenvalue weighted by atomic mass is 16.4. The highest BCUT2D eigenvalue weighted by Crippen LogP contribution is 2.51. The molecule has 8 heteroatoms. The molecule has 0 unspecified atom stereocenters. The number of rotatable bonds is 3. The minimum absolute atomic E-state index is 0.0890. The minimum atomic E-state index is -2.27. The Labute approximate surface area is 217 Å². The van der Waals surface area contributed by atoms with E-state index in [-0.39, 0.29) is 5.41 Å². The van der Waals surface area contributed by atoms with Crippen LogP contribution >= 0.6 is 0 Å². The van der Waals surface area contributed by atoms with E-state index in [0.29, 0.717) is 12.0 Å². The molecule has 5 rings (SSSR count). The molecule has 1 saturated heterocycles. The van der Waals surface area contributed by atoms with Gasteiger partial charge in [-0.1, -0.05) is 63.2 Å². The molecule has 200 valence electrons. The maximum atomic E-state index is 11.5. The lowest BCUT2D eigenvalue weighted by molar-refractivity contribution is -0.165. The van der Waals surface area contributed by atoms with Crippen molar-refractivity contribution in [3.05, 3.63) is 70.3 Å². The number of piperidine rings is 1. The lowest BCUT2D eigenvalue weighted by atomic mass is 9.66. The highest BCUT2D eigenvalue weighted by Gasteiger charge is 2.49. The molecule has 2 heterocycles. The molecule has 2 aliphatic heterocycles. The lowest BCUT2D eigenvalue weighted by Crippen LogP contribution is -2.55. The second-order valence-electron chi connectivity index (χ2n) is 11.5. The van der Waals surface area contributed by atoms with Gasteiger partial charge in [-0.2, -0.15) is 0 Å². The monoisotopic (exact) mass is 511 g/mol. The summed E-state index contributed by atoms with van der Waals surface area (Å²) in [6, 6.07) is 16.3. The number of carbonyl (C=O) groups is 2. The molecule has 1 fully saturated rings. The summed E-state index contributed by atoms with van der Waals surface area (Å²) in [5, 5.41) is 44.0. The van der Waals surface area contributed by atoms with Gasteiger partial charge in [0.2, 0.25) is 0 Å². The number of aliphatic hydroxyl groups excluding tert-OH is 2. The fourth-order valence-electron chi connectivity index (χ4n) is 6.03. The number of aliphatic carboxylic acids is 2. The molecule has 2 aromatic carbocycles. The fourth-order valence-corrected chi connectivity index (χ4v) is 6.03. The van der Waals surface area contributed by atoms with Crippen LogP contribution in [0.4, 0.5) is 0 Å². The van der Waals surface area contributed by atoms with E-state index in [9.17, 15) is 14.7 Å². The molecule has 0 aromatic heterocycles. The van der Waals surface area contributed by atoms with Crippen molar-refractivity contribution in [2.75, 3.05) is 13.1 Å². The molecule has 3 aliphatic rings. The first-order valence-corrected chi connectivity index (χ1v) is 12.8. The lowest BCUT2D eigenvalue weighted by Gasteiger charge is -2.53. The third-order valence-corrected chi connectivity index (χ3v) is 8.43. The van der Waals surface area contributed by atoms with Gasteiger partial charge in [-0.05, 0) is 58.9 Å².